The zero-order valence-electron chi connectivity index (χ0n) is 13.6. The number of carbonyl (C=O) groups is 2. The fourth-order valence-electron chi connectivity index (χ4n) is 2.96. The highest BCUT2D eigenvalue weighted by Gasteiger charge is 2.15. The van der Waals surface area contributed by atoms with Gasteiger partial charge in [0, 0.05) is 31.1 Å². The molecule has 0 aromatic heterocycles. The summed E-state index contributed by atoms with van der Waals surface area (Å²) < 4.78 is 0. The topological polar surface area (TPSA) is 84.2 Å². The van der Waals surface area contributed by atoms with Crippen molar-refractivity contribution in [1.29, 1.82) is 0 Å². The van der Waals surface area contributed by atoms with Crippen LogP contribution in [0.1, 0.15) is 50.5 Å². The van der Waals surface area contributed by atoms with Gasteiger partial charge in [0.25, 0.3) is 0 Å². The zero-order valence-corrected chi connectivity index (χ0v) is 13.6. The van der Waals surface area contributed by atoms with E-state index in [-0.39, 0.29) is 11.8 Å². The first-order chi connectivity index (χ1) is 11.1. The third kappa shape index (κ3) is 6.30. The summed E-state index contributed by atoms with van der Waals surface area (Å²) in [7, 11) is 0. The number of nitrogen functional groups attached to an aromatic ring is 1. The first kappa shape index (κ1) is 17.3. The molecule has 0 heterocycles. The van der Waals surface area contributed by atoms with Crippen LogP contribution in [0.2, 0.25) is 0 Å². The molecule has 0 atom stereocenters. The van der Waals surface area contributed by atoms with Gasteiger partial charge >= 0.3 is 0 Å². The fourth-order valence-corrected chi connectivity index (χ4v) is 2.96. The summed E-state index contributed by atoms with van der Waals surface area (Å²) >= 11 is 0. The van der Waals surface area contributed by atoms with Crippen molar-refractivity contribution in [3.63, 3.8) is 0 Å². The van der Waals surface area contributed by atoms with Crippen molar-refractivity contribution in [3.05, 3.63) is 29.8 Å². The second-order valence-corrected chi connectivity index (χ2v) is 6.20. The maximum absolute atomic E-state index is 11.8. The van der Waals surface area contributed by atoms with Crippen molar-refractivity contribution in [2.24, 2.45) is 0 Å². The van der Waals surface area contributed by atoms with Gasteiger partial charge in [-0.15, -0.1) is 0 Å². The van der Waals surface area contributed by atoms with E-state index in [1.54, 1.807) is 0 Å². The minimum absolute atomic E-state index is 0.0319. The summed E-state index contributed by atoms with van der Waals surface area (Å²) in [5.74, 6) is -0.0109. The molecule has 1 fully saturated rings. The molecule has 0 radical (unpaired) electrons. The largest absolute Gasteiger partial charge is 0.399 e. The molecular weight excluding hydrogens is 290 g/mol. The SMILES string of the molecule is Nc1ccccc1CCC(=O)NCCC(=O)NC1CCCCC1. The molecule has 1 aliphatic rings. The van der Waals surface area contributed by atoms with E-state index < -0.39 is 0 Å². The molecule has 5 nitrogen and oxygen atoms in total. The number of nitrogens with two attached hydrogens (primary N) is 1. The van der Waals surface area contributed by atoms with Gasteiger partial charge in [0.1, 0.15) is 0 Å². The van der Waals surface area contributed by atoms with E-state index >= 15 is 0 Å². The van der Waals surface area contributed by atoms with Gasteiger partial charge in [0.05, 0.1) is 0 Å². The average molecular weight is 317 g/mol. The molecule has 1 aromatic carbocycles. The number of aryl methyl sites for hydroxylation is 1. The average Bonchev–Trinajstić information content (AvgIpc) is 2.55. The van der Waals surface area contributed by atoms with E-state index in [0.29, 0.717) is 37.5 Å². The van der Waals surface area contributed by atoms with E-state index in [2.05, 4.69) is 10.6 Å². The smallest absolute Gasteiger partial charge is 0.221 e. The first-order valence-corrected chi connectivity index (χ1v) is 8.54. The van der Waals surface area contributed by atoms with Crippen LogP contribution >= 0.6 is 0 Å². The van der Waals surface area contributed by atoms with Crippen LogP contribution in [0.3, 0.4) is 0 Å². The molecule has 126 valence electrons. The molecule has 23 heavy (non-hydrogen) atoms. The normalized spacial score (nSPS) is 15.1. The van der Waals surface area contributed by atoms with E-state index in [1.165, 1.54) is 19.3 Å². The fraction of sp³-hybridized carbons (Fsp3) is 0.556. The molecule has 0 bridgehead atoms. The predicted octanol–water partition coefficient (Wildman–Crippen LogP) is 2.16. The van der Waals surface area contributed by atoms with Crippen LogP contribution in [-0.4, -0.2) is 24.4 Å². The van der Waals surface area contributed by atoms with Gasteiger partial charge in [0.2, 0.25) is 11.8 Å². The maximum atomic E-state index is 11.8. The Balaban J connectivity index is 1.59. The standard InChI is InChI=1S/C18H27N3O2/c19-16-9-5-4-6-14(16)10-11-17(22)20-13-12-18(23)21-15-7-2-1-3-8-15/h4-6,9,15H,1-3,7-8,10-13,19H2,(H,20,22)(H,21,23). The molecule has 0 saturated heterocycles. The van der Waals surface area contributed by atoms with Crippen LogP contribution in [0.4, 0.5) is 5.69 Å². The summed E-state index contributed by atoms with van der Waals surface area (Å²) in [6.45, 7) is 0.391. The molecule has 2 amide bonds. The number of anilines is 1. The highest BCUT2D eigenvalue weighted by molar-refractivity contribution is 5.79. The summed E-state index contributed by atoms with van der Waals surface area (Å²) in [6.07, 6.45) is 7.18. The summed E-state index contributed by atoms with van der Waals surface area (Å²) in [5.41, 5.74) is 7.55. The lowest BCUT2D eigenvalue weighted by Gasteiger charge is -2.22. The van der Waals surface area contributed by atoms with Crippen LogP contribution in [0, 0.1) is 0 Å². The molecule has 2 rings (SSSR count). The van der Waals surface area contributed by atoms with Crippen molar-refractivity contribution < 1.29 is 9.59 Å². The summed E-state index contributed by atoms with van der Waals surface area (Å²) in [6, 6.07) is 7.89. The number of hydrogen-bond acceptors (Lipinski definition) is 3. The van der Waals surface area contributed by atoms with Gasteiger partial charge in [-0.1, -0.05) is 37.5 Å². The van der Waals surface area contributed by atoms with Crippen molar-refractivity contribution in [3.8, 4) is 0 Å². The maximum Gasteiger partial charge on any atom is 0.221 e. The van der Waals surface area contributed by atoms with Crippen molar-refractivity contribution in [1.82, 2.24) is 10.6 Å². The number of benzene rings is 1. The minimum Gasteiger partial charge on any atom is -0.399 e. The Hall–Kier alpha value is -2.04. The molecule has 0 aliphatic heterocycles. The third-order valence-electron chi connectivity index (χ3n) is 4.32. The predicted molar refractivity (Wildman–Crippen MR) is 91.8 cm³/mol. The Morgan fingerprint density at radius 1 is 1.04 bits per heavy atom. The quantitative estimate of drug-likeness (QED) is 0.674. The summed E-state index contributed by atoms with van der Waals surface area (Å²) in [5, 5.41) is 5.85. The van der Waals surface area contributed by atoms with Crippen molar-refractivity contribution >= 4 is 17.5 Å². The van der Waals surface area contributed by atoms with Crippen molar-refractivity contribution in [2.75, 3.05) is 12.3 Å². The molecule has 5 heteroatoms. The highest BCUT2D eigenvalue weighted by atomic mass is 16.2. The van der Waals surface area contributed by atoms with Gasteiger partial charge in [-0.3, -0.25) is 9.59 Å². The lowest BCUT2D eigenvalue weighted by Crippen LogP contribution is -2.38. The Morgan fingerprint density at radius 2 is 1.78 bits per heavy atom. The lowest BCUT2D eigenvalue weighted by atomic mass is 9.95. The monoisotopic (exact) mass is 317 g/mol. The van der Waals surface area contributed by atoms with Gasteiger partial charge in [-0.05, 0) is 30.9 Å². The van der Waals surface area contributed by atoms with Crippen LogP contribution in [0.15, 0.2) is 24.3 Å². The molecule has 0 spiro atoms. The van der Waals surface area contributed by atoms with Crippen LogP contribution in [-0.2, 0) is 16.0 Å². The van der Waals surface area contributed by atoms with E-state index in [1.807, 2.05) is 24.3 Å². The number of amides is 2. The Morgan fingerprint density at radius 3 is 2.52 bits per heavy atom. The zero-order chi connectivity index (χ0) is 16.5. The van der Waals surface area contributed by atoms with E-state index in [0.717, 1.165) is 18.4 Å². The van der Waals surface area contributed by atoms with E-state index in [4.69, 9.17) is 5.73 Å². The van der Waals surface area contributed by atoms with Crippen LogP contribution in [0.25, 0.3) is 0 Å². The van der Waals surface area contributed by atoms with Crippen molar-refractivity contribution in [2.45, 2.75) is 57.4 Å². The Kier molecular flexibility index (Phi) is 6.91. The van der Waals surface area contributed by atoms with Gasteiger partial charge in [0.15, 0.2) is 0 Å². The first-order valence-electron chi connectivity index (χ1n) is 8.54. The minimum atomic E-state index is -0.0429. The van der Waals surface area contributed by atoms with Gasteiger partial charge in [-0.2, -0.15) is 0 Å². The lowest BCUT2D eigenvalue weighted by molar-refractivity contribution is -0.122. The number of nitrogens with one attached hydrogen (secondary N) is 2. The Labute approximate surface area is 138 Å². The third-order valence-corrected chi connectivity index (χ3v) is 4.32. The highest BCUT2D eigenvalue weighted by Crippen LogP contribution is 2.17. The molecule has 0 unspecified atom stereocenters. The van der Waals surface area contributed by atoms with E-state index in [9.17, 15) is 9.59 Å². The number of rotatable bonds is 7. The number of carbonyl (C=O) groups excluding carboxylic acids is 2. The summed E-state index contributed by atoms with van der Waals surface area (Å²) in [4.78, 5) is 23.7. The second kappa shape index (κ2) is 9.18. The molecule has 4 N–H and O–H groups in total. The Bertz CT molecular complexity index is 525. The number of para-hydroxylation sites is 1. The van der Waals surface area contributed by atoms with Crippen LogP contribution < -0.4 is 16.4 Å². The number of hydrogen-bond donors (Lipinski definition) is 3. The van der Waals surface area contributed by atoms with Crippen LogP contribution in [0.5, 0.6) is 0 Å². The molecular formula is C18H27N3O2. The van der Waals surface area contributed by atoms with Gasteiger partial charge < -0.3 is 16.4 Å². The second-order valence-electron chi connectivity index (χ2n) is 6.20. The van der Waals surface area contributed by atoms with Gasteiger partial charge in [-0.25, -0.2) is 0 Å². The molecule has 1 aromatic rings. The molecule has 1 aliphatic carbocycles. The molecule has 1 saturated carbocycles.